The fourth-order valence-electron chi connectivity index (χ4n) is 3.48. The molecule has 0 saturated heterocycles. The van der Waals surface area contributed by atoms with Gasteiger partial charge in [-0.25, -0.2) is 4.68 Å². The van der Waals surface area contributed by atoms with Gasteiger partial charge >= 0.3 is 0 Å². The van der Waals surface area contributed by atoms with E-state index in [-0.39, 0.29) is 11.9 Å². The van der Waals surface area contributed by atoms with Crippen LogP contribution in [0.4, 0.5) is 0 Å². The van der Waals surface area contributed by atoms with Crippen molar-refractivity contribution in [2.45, 2.75) is 45.7 Å². The van der Waals surface area contributed by atoms with E-state index in [1.807, 2.05) is 48.9 Å². The quantitative estimate of drug-likeness (QED) is 0.786. The molecule has 0 fully saturated rings. The molecular formula is C19H22N6O. The van der Waals surface area contributed by atoms with Crippen molar-refractivity contribution < 1.29 is 4.79 Å². The van der Waals surface area contributed by atoms with Gasteiger partial charge in [0.05, 0.1) is 11.4 Å². The van der Waals surface area contributed by atoms with E-state index in [4.69, 9.17) is 0 Å². The van der Waals surface area contributed by atoms with Crippen molar-refractivity contribution in [3.63, 3.8) is 0 Å². The van der Waals surface area contributed by atoms with Crippen LogP contribution in [0.1, 0.15) is 40.4 Å². The first-order valence-corrected chi connectivity index (χ1v) is 8.91. The molecular weight excluding hydrogens is 328 g/mol. The number of nitrogens with zero attached hydrogens (tertiary/aromatic N) is 5. The van der Waals surface area contributed by atoms with Crippen molar-refractivity contribution in [3.8, 4) is 5.69 Å². The summed E-state index contributed by atoms with van der Waals surface area (Å²) in [4.78, 5) is 12.7. The van der Waals surface area contributed by atoms with E-state index < -0.39 is 0 Å². The fourth-order valence-corrected chi connectivity index (χ4v) is 3.48. The van der Waals surface area contributed by atoms with E-state index in [9.17, 15) is 4.79 Å². The number of carbonyl (C=O) groups is 1. The molecule has 1 aliphatic heterocycles. The molecule has 0 aliphatic carbocycles. The molecule has 2 aromatic heterocycles. The summed E-state index contributed by atoms with van der Waals surface area (Å²) in [5.41, 5.74) is 3.56. The van der Waals surface area contributed by atoms with Gasteiger partial charge in [-0.05, 0) is 51.0 Å². The van der Waals surface area contributed by atoms with Crippen LogP contribution in [0.2, 0.25) is 0 Å². The van der Waals surface area contributed by atoms with Crippen molar-refractivity contribution in [1.82, 2.24) is 29.9 Å². The summed E-state index contributed by atoms with van der Waals surface area (Å²) < 4.78 is 3.93. The first-order valence-electron chi connectivity index (χ1n) is 8.91. The van der Waals surface area contributed by atoms with Crippen LogP contribution in [-0.2, 0) is 13.0 Å². The maximum Gasteiger partial charge on any atom is 0.251 e. The fraction of sp³-hybridized carbons (Fsp3) is 0.368. The van der Waals surface area contributed by atoms with Gasteiger partial charge in [0.2, 0.25) is 0 Å². The van der Waals surface area contributed by atoms with E-state index in [1.54, 1.807) is 6.33 Å². The Morgan fingerprint density at radius 3 is 2.92 bits per heavy atom. The smallest absolute Gasteiger partial charge is 0.251 e. The molecule has 0 spiro atoms. The highest BCUT2D eigenvalue weighted by Gasteiger charge is 2.19. The number of aromatic nitrogens is 5. The number of nitrogens with one attached hydrogen (secondary N) is 1. The molecule has 0 bridgehead atoms. The largest absolute Gasteiger partial charge is 0.349 e. The van der Waals surface area contributed by atoms with Crippen LogP contribution in [0, 0.1) is 13.8 Å². The zero-order valence-electron chi connectivity index (χ0n) is 15.0. The van der Waals surface area contributed by atoms with Gasteiger partial charge in [-0.15, -0.1) is 10.2 Å². The van der Waals surface area contributed by atoms with E-state index in [2.05, 4.69) is 25.2 Å². The van der Waals surface area contributed by atoms with Gasteiger partial charge in [-0.2, -0.15) is 5.10 Å². The number of aryl methyl sites for hydroxylation is 4. The minimum atomic E-state index is -0.0453. The van der Waals surface area contributed by atoms with Gasteiger partial charge in [0.1, 0.15) is 12.2 Å². The number of hydrogen-bond donors (Lipinski definition) is 1. The van der Waals surface area contributed by atoms with Crippen LogP contribution >= 0.6 is 0 Å². The topological polar surface area (TPSA) is 77.6 Å². The Morgan fingerprint density at radius 2 is 2.12 bits per heavy atom. The predicted octanol–water partition coefficient (Wildman–Crippen LogP) is 2.22. The van der Waals surface area contributed by atoms with Crippen LogP contribution in [0.5, 0.6) is 0 Å². The SMILES string of the molecule is Cc1cc(C)n(-c2cccc(C(=O)NC3CCc4nncn4CC3)c2)n1. The molecule has 134 valence electrons. The summed E-state index contributed by atoms with van der Waals surface area (Å²) in [6, 6.07) is 9.76. The van der Waals surface area contributed by atoms with Gasteiger partial charge in [0, 0.05) is 30.3 Å². The van der Waals surface area contributed by atoms with Crippen LogP contribution in [0.25, 0.3) is 5.69 Å². The third-order valence-corrected chi connectivity index (χ3v) is 4.83. The number of amides is 1. The van der Waals surface area contributed by atoms with Gasteiger partial charge in [0.25, 0.3) is 5.91 Å². The molecule has 1 atom stereocenters. The van der Waals surface area contributed by atoms with E-state index in [1.165, 1.54) is 0 Å². The van der Waals surface area contributed by atoms with E-state index in [0.29, 0.717) is 5.56 Å². The van der Waals surface area contributed by atoms with Crippen molar-refractivity contribution in [2.75, 3.05) is 0 Å². The highest BCUT2D eigenvalue weighted by molar-refractivity contribution is 5.94. The average Bonchev–Trinajstić information content (AvgIpc) is 3.17. The van der Waals surface area contributed by atoms with Crippen molar-refractivity contribution in [2.24, 2.45) is 0 Å². The molecule has 26 heavy (non-hydrogen) atoms. The van der Waals surface area contributed by atoms with Crippen molar-refractivity contribution in [1.29, 1.82) is 0 Å². The molecule has 4 rings (SSSR count). The highest BCUT2D eigenvalue weighted by atomic mass is 16.1. The molecule has 7 heteroatoms. The molecule has 1 aliphatic rings. The van der Waals surface area contributed by atoms with Gasteiger partial charge in [0.15, 0.2) is 0 Å². The Balaban J connectivity index is 1.48. The second-order valence-corrected chi connectivity index (χ2v) is 6.83. The van der Waals surface area contributed by atoms with Gasteiger partial charge in [-0.1, -0.05) is 6.07 Å². The lowest BCUT2D eigenvalue weighted by atomic mass is 10.1. The lowest BCUT2D eigenvalue weighted by Crippen LogP contribution is -2.35. The number of fused-ring (bicyclic) bond motifs is 1. The number of carbonyl (C=O) groups excluding carboxylic acids is 1. The molecule has 1 amide bonds. The van der Waals surface area contributed by atoms with Crippen molar-refractivity contribution >= 4 is 5.91 Å². The van der Waals surface area contributed by atoms with Gasteiger partial charge < -0.3 is 9.88 Å². The summed E-state index contributed by atoms with van der Waals surface area (Å²) in [6.07, 6.45) is 4.35. The molecule has 1 unspecified atom stereocenters. The zero-order valence-corrected chi connectivity index (χ0v) is 15.0. The van der Waals surface area contributed by atoms with Crippen LogP contribution in [-0.4, -0.2) is 36.5 Å². The second kappa shape index (κ2) is 6.74. The lowest BCUT2D eigenvalue weighted by Gasteiger charge is -2.16. The molecule has 0 radical (unpaired) electrons. The third-order valence-electron chi connectivity index (χ3n) is 4.83. The minimum absolute atomic E-state index is 0.0453. The standard InChI is InChI=1S/C19H22N6O/c1-13-10-14(2)25(23-13)17-5-3-4-15(11-17)19(26)21-16-6-7-18-22-20-12-24(18)9-8-16/h3-5,10-12,16H,6-9H2,1-2H3,(H,21,26). The Labute approximate surface area is 152 Å². The van der Waals surface area contributed by atoms with E-state index >= 15 is 0 Å². The predicted molar refractivity (Wildman–Crippen MR) is 97.3 cm³/mol. The summed E-state index contributed by atoms with van der Waals surface area (Å²) >= 11 is 0. The van der Waals surface area contributed by atoms with E-state index in [0.717, 1.165) is 48.7 Å². The third kappa shape index (κ3) is 3.24. The number of hydrogen-bond acceptors (Lipinski definition) is 4. The molecule has 1 N–H and O–H groups in total. The monoisotopic (exact) mass is 350 g/mol. The summed E-state index contributed by atoms with van der Waals surface area (Å²) in [7, 11) is 0. The normalized spacial score (nSPS) is 16.8. The lowest BCUT2D eigenvalue weighted by molar-refractivity contribution is 0.0933. The Morgan fingerprint density at radius 1 is 1.23 bits per heavy atom. The number of rotatable bonds is 3. The maximum atomic E-state index is 12.7. The second-order valence-electron chi connectivity index (χ2n) is 6.83. The Kier molecular flexibility index (Phi) is 4.28. The van der Waals surface area contributed by atoms with Gasteiger partial charge in [-0.3, -0.25) is 4.79 Å². The summed E-state index contributed by atoms with van der Waals surface area (Å²) in [5.74, 6) is 0.948. The minimum Gasteiger partial charge on any atom is -0.349 e. The Hall–Kier alpha value is -2.96. The first kappa shape index (κ1) is 16.5. The first-order chi connectivity index (χ1) is 12.6. The maximum absolute atomic E-state index is 12.7. The molecule has 7 nitrogen and oxygen atoms in total. The summed E-state index contributed by atoms with van der Waals surface area (Å²) in [6.45, 7) is 4.81. The zero-order chi connectivity index (χ0) is 18.1. The van der Waals surface area contributed by atoms with Crippen LogP contribution < -0.4 is 5.32 Å². The Bertz CT molecular complexity index is 919. The van der Waals surface area contributed by atoms with Crippen molar-refractivity contribution in [3.05, 3.63) is 59.4 Å². The molecule has 3 heterocycles. The summed E-state index contributed by atoms with van der Waals surface area (Å²) in [5, 5.41) is 15.7. The van der Waals surface area contributed by atoms with Crippen LogP contribution in [0.3, 0.4) is 0 Å². The highest BCUT2D eigenvalue weighted by Crippen LogP contribution is 2.16. The van der Waals surface area contributed by atoms with Crippen LogP contribution in [0.15, 0.2) is 36.7 Å². The molecule has 3 aromatic rings. The average molecular weight is 350 g/mol. The molecule has 1 aromatic carbocycles. The molecule has 0 saturated carbocycles. The number of benzene rings is 1.